The van der Waals surface area contributed by atoms with E-state index in [1.165, 1.54) is 0 Å². The number of pyridine rings is 6. The van der Waals surface area contributed by atoms with Crippen molar-refractivity contribution >= 4 is 144 Å². The molecule has 0 radical (unpaired) electrons. The van der Waals surface area contributed by atoms with E-state index in [0.29, 0.717) is 32.6 Å². The van der Waals surface area contributed by atoms with Gasteiger partial charge in [-0.3, -0.25) is 0 Å². The zero-order valence-corrected chi connectivity index (χ0v) is 27.8. The molecule has 10 heteroatoms. The summed E-state index contributed by atoms with van der Waals surface area (Å²) in [6, 6.07) is 23.2. The average Bonchev–Trinajstić information content (AvgIpc) is 3.08. The Kier molecular flexibility index (Phi) is 4.16. The number of aromatic nitrogens is 4. The Morgan fingerprint density at radius 1 is 0.391 bits per heavy atom. The van der Waals surface area contributed by atoms with E-state index in [9.17, 15) is 19.2 Å². The molecule has 0 amide bonds. The van der Waals surface area contributed by atoms with Crippen molar-refractivity contribution < 1.29 is 0 Å². The first-order valence-electron chi connectivity index (χ1n) is 14.6. The second-order valence-corrected chi connectivity index (χ2v) is 18.1. The van der Waals surface area contributed by atoms with Gasteiger partial charge in [0.25, 0.3) is 0 Å². The van der Waals surface area contributed by atoms with Gasteiger partial charge in [0.1, 0.15) is 0 Å². The number of fused-ring (bicyclic) bond motifs is 3. The maximum absolute atomic E-state index is 14.6. The first-order chi connectivity index (χ1) is 22.5. The molecule has 0 saturated carbocycles. The molecule has 2 aliphatic heterocycles. The van der Waals surface area contributed by atoms with Crippen molar-refractivity contribution in [2.45, 2.75) is 0 Å². The summed E-state index contributed by atoms with van der Waals surface area (Å²) in [6.07, 6.45) is 0. The molecule has 6 aromatic heterocycles. The number of rotatable bonds is 0. The predicted octanol–water partition coefficient (Wildman–Crippen LogP) is 1.31. The van der Waals surface area contributed by atoms with E-state index in [1.54, 1.807) is 0 Å². The van der Waals surface area contributed by atoms with Crippen LogP contribution in [0.1, 0.15) is 0 Å². The number of nitrogens with zero attached hydrogens (tertiary/aromatic N) is 4. The van der Waals surface area contributed by atoms with E-state index in [1.807, 2.05) is 57.3 Å². The van der Waals surface area contributed by atoms with Gasteiger partial charge < -0.3 is 0 Å². The van der Waals surface area contributed by atoms with Crippen molar-refractivity contribution in [1.82, 2.24) is 18.8 Å². The molecule has 0 unspecified atom stereocenters. The normalized spacial score (nSPS) is 13.8. The molecule has 12 rings (SSSR count). The van der Waals surface area contributed by atoms with Crippen molar-refractivity contribution in [2.75, 3.05) is 0 Å². The van der Waals surface area contributed by atoms with E-state index in [0.717, 1.165) is 36.5 Å². The molecule has 0 bridgehead atoms. The van der Waals surface area contributed by atoms with Gasteiger partial charge in [-0.2, -0.15) is 0 Å². The summed E-state index contributed by atoms with van der Waals surface area (Å²) in [5, 5.41) is 2.56. The van der Waals surface area contributed by atoms with E-state index in [4.69, 9.17) is 9.97 Å². The molecule has 212 valence electrons. The van der Waals surface area contributed by atoms with Crippen molar-refractivity contribution in [3.8, 4) is 0 Å². The topological polar surface area (TPSA) is 103 Å². The zero-order chi connectivity index (χ0) is 30.3. The standard InChI is InChI=1S/C36H12N4O4Te2/c41-33-13-5-1-9-17-27(13)39-29-15(7-3-11-19(29)45-17)35(43)25-31(39)21(33)23-24(38-25)22-32-26(37-23)36(44)16-8-4-12-20-30(16)40(32)28-14(34(22)42)6-2-10-18(28)46-20/h1-12H. The van der Waals surface area contributed by atoms with E-state index >= 15 is 0 Å². The van der Waals surface area contributed by atoms with E-state index in [2.05, 4.69) is 24.3 Å². The average molecular weight is 820 g/mol. The predicted molar refractivity (Wildman–Crippen MR) is 184 cm³/mol. The van der Waals surface area contributed by atoms with Gasteiger partial charge >= 0.3 is 276 Å². The molecule has 2 aliphatic rings. The number of para-hydroxylation sites is 4. The van der Waals surface area contributed by atoms with Gasteiger partial charge in [-0.05, 0) is 0 Å². The zero-order valence-electron chi connectivity index (χ0n) is 23.2. The van der Waals surface area contributed by atoms with E-state index < -0.39 is 41.8 Å². The second kappa shape index (κ2) is 7.80. The molecule has 4 aromatic carbocycles. The molecule has 8 nitrogen and oxygen atoms in total. The molecule has 46 heavy (non-hydrogen) atoms. The summed E-state index contributed by atoms with van der Waals surface area (Å²) >= 11 is -1.73. The Morgan fingerprint density at radius 3 is 1.07 bits per heavy atom. The molecule has 0 saturated heterocycles. The van der Waals surface area contributed by atoms with Gasteiger partial charge in [-0.25, -0.2) is 0 Å². The minimum absolute atomic E-state index is 0.127. The van der Waals surface area contributed by atoms with Crippen molar-refractivity contribution in [2.24, 2.45) is 0 Å². The van der Waals surface area contributed by atoms with Crippen molar-refractivity contribution in [1.29, 1.82) is 0 Å². The van der Waals surface area contributed by atoms with Crippen molar-refractivity contribution in [3.63, 3.8) is 0 Å². The van der Waals surface area contributed by atoms with Crippen molar-refractivity contribution in [3.05, 3.63) is 114 Å². The van der Waals surface area contributed by atoms with Crippen LogP contribution in [-0.4, -0.2) is 60.6 Å². The van der Waals surface area contributed by atoms with Gasteiger partial charge in [-0.15, -0.1) is 0 Å². The first kappa shape index (κ1) is 24.5. The monoisotopic (exact) mass is 824 g/mol. The fourth-order valence-electron chi connectivity index (χ4n) is 7.93. The molecular weight excluding hydrogens is 808 g/mol. The molecule has 10 aromatic rings. The third kappa shape index (κ3) is 2.52. The molecular formula is C36H12N4O4Te2. The van der Waals surface area contributed by atoms with Gasteiger partial charge in [0.15, 0.2) is 0 Å². The Balaban J connectivity index is 1.51. The van der Waals surface area contributed by atoms with Crippen LogP contribution in [0.2, 0.25) is 0 Å². The van der Waals surface area contributed by atoms with Crippen LogP contribution in [0.25, 0.3) is 87.5 Å². The number of benzene rings is 4. The summed E-state index contributed by atoms with van der Waals surface area (Å²) in [4.78, 5) is 67.9. The Hall–Kier alpha value is -4.70. The van der Waals surface area contributed by atoms with Crippen LogP contribution in [0, 0.1) is 0 Å². The molecule has 0 spiro atoms. The second-order valence-electron chi connectivity index (χ2n) is 11.9. The Morgan fingerprint density at radius 2 is 0.717 bits per heavy atom. The summed E-state index contributed by atoms with van der Waals surface area (Å²) in [5.41, 5.74) is 3.52. The Bertz CT molecular complexity index is 3190. The SMILES string of the molecule is O=c1c2cccc3c2n2c4c(cccc4c(=O)c4c5nc6c(=O)c7cccc8c7n7c9c(cccc9c(=O)c(c5nc1c42)c67)[Te]8)[Te]3. The van der Waals surface area contributed by atoms with Crippen LogP contribution in [0.4, 0.5) is 0 Å². The summed E-state index contributed by atoms with van der Waals surface area (Å²) in [5.74, 6) is 0. The summed E-state index contributed by atoms with van der Waals surface area (Å²) < 4.78 is 8.49. The molecule has 8 heterocycles. The van der Waals surface area contributed by atoms with Crippen LogP contribution in [0.3, 0.4) is 0 Å². The van der Waals surface area contributed by atoms with Gasteiger partial charge in [-0.1, -0.05) is 0 Å². The quantitative estimate of drug-likeness (QED) is 0.130. The molecule has 0 aliphatic carbocycles. The molecule has 0 fully saturated rings. The third-order valence-electron chi connectivity index (χ3n) is 9.71. The first-order valence-corrected chi connectivity index (χ1v) is 19.3. The van der Waals surface area contributed by atoms with Gasteiger partial charge in [0, 0.05) is 0 Å². The fourth-order valence-corrected chi connectivity index (χ4v) is 14.4. The van der Waals surface area contributed by atoms with Crippen LogP contribution in [0.15, 0.2) is 92.0 Å². The number of hydrogen-bond donors (Lipinski definition) is 0. The van der Waals surface area contributed by atoms with Crippen LogP contribution in [0.5, 0.6) is 0 Å². The molecule has 0 atom stereocenters. The van der Waals surface area contributed by atoms with Gasteiger partial charge in [0.05, 0.1) is 0 Å². The van der Waals surface area contributed by atoms with Crippen LogP contribution in [-0.2, 0) is 0 Å². The van der Waals surface area contributed by atoms with Crippen LogP contribution < -0.4 is 36.2 Å². The van der Waals surface area contributed by atoms with Crippen LogP contribution >= 0.6 is 0 Å². The summed E-state index contributed by atoms with van der Waals surface area (Å²) in [7, 11) is 0. The third-order valence-corrected chi connectivity index (χ3v) is 16.0. The molecule has 0 N–H and O–H groups in total. The van der Waals surface area contributed by atoms with Gasteiger partial charge in [0.2, 0.25) is 0 Å². The van der Waals surface area contributed by atoms with E-state index in [-0.39, 0.29) is 54.6 Å². The summed E-state index contributed by atoms with van der Waals surface area (Å²) in [6.45, 7) is 0. The maximum atomic E-state index is 14.6. The fraction of sp³-hybridized carbons (Fsp3) is 0. The minimum atomic E-state index is -0.865. The number of hydrogen-bond acceptors (Lipinski definition) is 6. The Labute approximate surface area is 274 Å².